The molecule has 0 N–H and O–H groups in total. The second kappa shape index (κ2) is 5.78. The molecule has 0 aliphatic carbocycles. The van der Waals surface area contributed by atoms with Gasteiger partial charge in [0, 0.05) is 12.6 Å². The van der Waals surface area contributed by atoms with Crippen molar-refractivity contribution in [2.45, 2.75) is 6.42 Å². The van der Waals surface area contributed by atoms with Crippen molar-refractivity contribution in [2.75, 3.05) is 21.3 Å². The fourth-order valence-corrected chi connectivity index (χ4v) is 2.13. The van der Waals surface area contributed by atoms with Crippen molar-refractivity contribution in [1.29, 1.82) is 0 Å². The van der Waals surface area contributed by atoms with E-state index in [-0.39, 0.29) is 17.6 Å². The molecule has 6 heteroatoms. The monoisotopic (exact) mass is 289 g/mol. The van der Waals surface area contributed by atoms with Gasteiger partial charge in [0.1, 0.15) is 5.75 Å². The van der Waals surface area contributed by atoms with Gasteiger partial charge in [-0.05, 0) is 17.7 Å². The molecule has 1 heterocycles. The van der Waals surface area contributed by atoms with Crippen molar-refractivity contribution in [3.8, 4) is 5.75 Å². The topological polar surface area (TPSA) is 72.9 Å². The summed E-state index contributed by atoms with van der Waals surface area (Å²) < 4.78 is 9.63. The SMILES string of the molecule is COC(=O)CC1=C(c2ccc(OC)cc2)C(=O)N(C)C1=O. The summed E-state index contributed by atoms with van der Waals surface area (Å²) in [5.41, 5.74) is 0.951. The molecule has 2 amide bonds. The molecular weight excluding hydrogens is 274 g/mol. The van der Waals surface area contributed by atoms with Gasteiger partial charge < -0.3 is 9.47 Å². The van der Waals surface area contributed by atoms with E-state index >= 15 is 0 Å². The number of hydrogen-bond acceptors (Lipinski definition) is 5. The molecule has 1 aliphatic heterocycles. The smallest absolute Gasteiger partial charge is 0.310 e. The molecule has 0 atom stereocenters. The van der Waals surface area contributed by atoms with Gasteiger partial charge in [0.05, 0.1) is 26.2 Å². The Morgan fingerprint density at radius 2 is 1.71 bits per heavy atom. The average molecular weight is 289 g/mol. The maximum atomic E-state index is 12.2. The molecule has 2 rings (SSSR count). The van der Waals surface area contributed by atoms with Crippen LogP contribution >= 0.6 is 0 Å². The molecule has 1 aliphatic rings. The number of likely N-dealkylation sites (N-methyl/N-ethyl adjacent to an activating group) is 1. The summed E-state index contributed by atoms with van der Waals surface area (Å²) in [7, 11) is 4.16. The van der Waals surface area contributed by atoms with Crippen LogP contribution < -0.4 is 4.74 Å². The predicted molar refractivity (Wildman–Crippen MR) is 74.3 cm³/mol. The molecule has 0 spiro atoms. The quantitative estimate of drug-likeness (QED) is 0.611. The Morgan fingerprint density at radius 3 is 2.24 bits per heavy atom. The Labute approximate surface area is 121 Å². The third-order valence-electron chi connectivity index (χ3n) is 3.31. The molecule has 0 radical (unpaired) electrons. The Hall–Kier alpha value is -2.63. The molecule has 1 aromatic rings. The van der Waals surface area contributed by atoms with Crippen LogP contribution in [0.5, 0.6) is 5.75 Å². The van der Waals surface area contributed by atoms with Gasteiger partial charge >= 0.3 is 5.97 Å². The summed E-state index contributed by atoms with van der Waals surface area (Å²) in [6.07, 6.45) is -0.229. The van der Waals surface area contributed by atoms with Crippen LogP contribution in [0.1, 0.15) is 12.0 Å². The molecule has 0 saturated heterocycles. The van der Waals surface area contributed by atoms with Gasteiger partial charge in [0.25, 0.3) is 11.8 Å². The van der Waals surface area contributed by atoms with E-state index in [2.05, 4.69) is 4.74 Å². The third kappa shape index (κ3) is 2.65. The third-order valence-corrected chi connectivity index (χ3v) is 3.31. The molecule has 21 heavy (non-hydrogen) atoms. The summed E-state index contributed by atoms with van der Waals surface area (Å²) in [6.45, 7) is 0. The number of carbonyl (C=O) groups is 3. The largest absolute Gasteiger partial charge is 0.497 e. The molecule has 6 nitrogen and oxygen atoms in total. The van der Waals surface area contributed by atoms with Gasteiger partial charge in [-0.3, -0.25) is 19.3 Å². The number of esters is 1. The van der Waals surface area contributed by atoms with Crippen molar-refractivity contribution in [1.82, 2.24) is 4.90 Å². The molecule has 0 saturated carbocycles. The first-order valence-electron chi connectivity index (χ1n) is 6.26. The van der Waals surface area contributed by atoms with Gasteiger partial charge in [-0.25, -0.2) is 0 Å². The van der Waals surface area contributed by atoms with Crippen LogP contribution in [0.3, 0.4) is 0 Å². The van der Waals surface area contributed by atoms with Gasteiger partial charge in [-0.15, -0.1) is 0 Å². The Bertz CT molecular complexity index is 630. The fourth-order valence-electron chi connectivity index (χ4n) is 2.13. The van der Waals surface area contributed by atoms with Crippen LogP contribution in [0.15, 0.2) is 29.8 Å². The lowest BCUT2D eigenvalue weighted by molar-refractivity contribution is -0.141. The normalized spacial score (nSPS) is 14.7. The molecule has 1 aromatic carbocycles. The minimum absolute atomic E-state index is 0.152. The van der Waals surface area contributed by atoms with Gasteiger partial charge in [0.2, 0.25) is 0 Å². The molecule has 0 bridgehead atoms. The number of carbonyl (C=O) groups excluding carboxylic acids is 3. The molecule has 110 valence electrons. The number of rotatable bonds is 4. The number of nitrogens with zero attached hydrogens (tertiary/aromatic N) is 1. The zero-order valence-corrected chi connectivity index (χ0v) is 12.0. The highest BCUT2D eigenvalue weighted by atomic mass is 16.5. The van der Waals surface area contributed by atoms with Crippen molar-refractivity contribution in [2.24, 2.45) is 0 Å². The fraction of sp³-hybridized carbons (Fsp3) is 0.267. The van der Waals surface area contributed by atoms with E-state index in [9.17, 15) is 14.4 Å². The second-order valence-corrected chi connectivity index (χ2v) is 4.50. The minimum Gasteiger partial charge on any atom is -0.497 e. The zero-order valence-electron chi connectivity index (χ0n) is 12.0. The van der Waals surface area contributed by atoms with Crippen molar-refractivity contribution >= 4 is 23.4 Å². The van der Waals surface area contributed by atoms with Gasteiger partial charge in [0.15, 0.2) is 0 Å². The number of methoxy groups -OCH3 is 2. The average Bonchev–Trinajstić information content (AvgIpc) is 2.72. The number of hydrogen-bond donors (Lipinski definition) is 0. The molecular formula is C15H15NO5. The maximum absolute atomic E-state index is 12.2. The van der Waals surface area contributed by atoms with E-state index in [4.69, 9.17) is 4.74 Å². The van der Waals surface area contributed by atoms with E-state index < -0.39 is 17.8 Å². The lowest BCUT2D eigenvalue weighted by atomic mass is 9.99. The molecule has 0 fully saturated rings. The van der Waals surface area contributed by atoms with Crippen LogP contribution in [-0.2, 0) is 19.1 Å². The summed E-state index contributed by atoms with van der Waals surface area (Å²) in [5.74, 6) is -0.827. The number of benzene rings is 1. The zero-order chi connectivity index (χ0) is 15.6. The number of ether oxygens (including phenoxy) is 2. The first kappa shape index (κ1) is 14.8. The summed E-state index contributed by atoms with van der Waals surface area (Å²) in [5, 5.41) is 0. The first-order valence-corrected chi connectivity index (χ1v) is 6.26. The number of amides is 2. The van der Waals surface area contributed by atoms with E-state index in [1.54, 1.807) is 24.3 Å². The molecule has 0 aromatic heterocycles. The predicted octanol–water partition coefficient (Wildman–Crippen LogP) is 1.01. The Morgan fingerprint density at radius 1 is 1.10 bits per heavy atom. The highest BCUT2D eigenvalue weighted by Gasteiger charge is 2.37. The van der Waals surface area contributed by atoms with Gasteiger partial charge in [-0.1, -0.05) is 12.1 Å². The van der Waals surface area contributed by atoms with Crippen molar-refractivity contribution in [3.63, 3.8) is 0 Å². The van der Waals surface area contributed by atoms with Crippen molar-refractivity contribution < 1.29 is 23.9 Å². The van der Waals surface area contributed by atoms with E-state index in [1.165, 1.54) is 21.3 Å². The lowest BCUT2D eigenvalue weighted by Crippen LogP contribution is -2.27. The van der Waals surface area contributed by atoms with Gasteiger partial charge in [-0.2, -0.15) is 0 Å². The Balaban J connectivity index is 2.48. The van der Waals surface area contributed by atoms with E-state index in [0.29, 0.717) is 11.3 Å². The van der Waals surface area contributed by atoms with E-state index in [1.807, 2.05) is 0 Å². The summed E-state index contributed by atoms with van der Waals surface area (Å²) in [4.78, 5) is 36.7. The molecule has 0 unspecified atom stereocenters. The standard InChI is InChI=1S/C15H15NO5/c1-16-14(18)11(8-12(17)21-3)13(15(16)19)9-4-6-10(20-2)7-5-9/h4-7H,8H2,1-3H3. The van der Waals surface area contributed by atoms with Crippen LogP contribution in [0.4, 0.5) is 0 Å². The van der Waals surface area contributed by atoms with Crippen molar-refractivity contribution in [3.05, 3.63) is 35.4 Å². The maximum Gasteiger partial charge on any atom is 0.310 e. The Kier molecular flexibility index (Phi) is 4.07. The van der Waals surface area contributed by atoms with Crippen LogP contribution in [0, 0.1) is 0 Å². The highest BCUT2D eigenvalue weighted by Crippen LogP contribution is 2.31. The van der Waals surface area contributed by atoms with Crippen LogP contribution in [-0.4, -0.2) is 44.0 Å². The summed E-state index contributed by atoms with van der Waals surface area (Å²) >= 11 is 0. The number of imide groups is 1. The highest BCUT2D eigenvalue weighted by molar-refractivity contribution is 6.36. The minimum atomic E-state index is -0.563. The van der Waals surface area contributed by atoms with E-state index in [0.717, 1.165) is 4.90 Å². The summed E-state index contributed by atoms with van der Waals surface area (Å²) in [6, 6.07) is 6.73. The second-order valence-electron chi connectivity index (χ2n) is 4.50. The first-order chi connectivity index (χ1) is 9.99. The lowest BCUT2D eigenvalue weighted by Gasteiger charge is -2.07. The van der Waals surface area contributed by atoms with Crippen LogP contribution in [0.2, 0.25) is 0 Å². The van der Waals surface area contributed by atoms with Crippen LogP contribution in [0.25, 0.3) is 5.57 Å².